The largest absolute Gasteiger partial charge is 0.399 e. The van der Waals surface area contributed by atoms with Gasteiger partial charge in [-0.25, -0.2) is 13.1 Å². The fourth-order valence-corrected chi connectivity index (χ4v) is 2.85. The maximum Gasteiger partial charge on any atom is 0.240 e. The van der Waals surface area contributed by atoms with E-state index in [1.165, 1.54) is 31.2 Å². The summed E-state index contributed by atoms with van der Waals surface area (Å²) < 4.78 is 26.8. The molecule has 0 aliphatic rings. The molecule has 6 heteroatoms. The van der Waals surface area contributed by atoms with Gasteiger partial charge in [0.05, 0.1) is 4.90 Å². The summed E-state index contributed by atoms with van der Waals surface area (Å²) in [4.78, 5) is 11.3. The van der Waals surface area contributed by atoms with Gasteiger partial charge in [-0.05, 0) is 36.8 Å². The lowest BCUT2D eigenvalue weighted by molar-refractivity contribution is 0.101. The van der Waals surface area contributed by atoms with Crippen LogP contribution in [0.3, 0.4) is 0 Å². The third-order valence-corrected chi connectivity index (χ3v) is 4.41. The molecule has 0 aliphatic heterocycles. The molecule has 0 amide bonds. The molecule has 2 rings (SSSR count). The highest BCUT2D eigenvalue weighted by molar-refractivity contribution is 7.89. The summed E-state index contributed by atoms with van der Waals surface area (Å²) in [5, 5.41) is 0. The zero-order valence-electron chi connectivity index (χ0n) is 11.5. The second-order valence-corrected chi connectivity index (χ2v) is 6.42. The van der Waals surface area contributed by atoms with Crippen LogP contribution in [-0.4, -0.2) is 14.2 Å². The van der Waals surface area contributed by atoms with Crippen molar-refractivity contribution in [2.24, 2.45) is 0 Å². The van der Waals surface area contributed by atoms with Crippen LogP contribution in [-0.2, 0) is 16.6 Å². The smallest absolute Gasteiger partial charge is 0.240 e. The van der Waals surface area contributed by atoms with Crippen molar-refractivity contribution in [3.05, 3.63) is 59.7 Å². The first-order chi connectivity index (χ1) is 9.88. The molecule has 2 aromatic carbocycles. The third-order valence-electron chi connectivity index (χ3n) is 2.99. The molecule has 0 fully saturated rings. The highest BCUT2D eigenvalue weighted by atomic mass is 32.2. The first kappa shape index (κ1) is 15.2. The molecular weight excluding hydrogens is 288 g/mol. The van der Waals surface area contributed by atoms with E-state index in [4.69, 9.17) is 5.73 Å². The summed E-state index contributed by atoms with van der Waals surface area (Å²) in [6.45, 7) is 1.59. The Kier molecular flexibility index (Phi) is 4.40. The van der Waals surface area contributed by atoms with E-state index in [1.807, 2.05) is 0 Å². The molecule has 0 atom stereocenters. The van der Waals surface area contributed by atoms with Crippen molar-refractivity contribution in [2.45, 2.75) is 18.4 Å². The van der Waals surface area contributed by atoms with Crippen molar-refractivity contribution in [1.29, 1.82) is 0 Å². The molecule has 21 heavy (non-hydrogen) atoms. The van der Waals surface area contributed by atoms with Gasteiger partial charge in [-0.15, -0.1) is 0 Å². The number of nitrogens with two attached hydrogens (primary N) is 1. The normalized spacial score (nSPS) is 11.3. The highest BCUT2D eigenvalue weighted by Crippen LogP contribution is 2.12. The lowest BCUT2D eigenvalue weighted by Gasteiger charge is -2.08. The number of hydrogen-bond donors (Lipinski definition) is 2. The summed E-state index contributed by atoms with van der Waals surface area (Å²) in [7, 11) is -3.62. The number of rotatable bonds is 5. The molecule has 2 aromatic rings. The molecular formula is C15H16N2O3S. The van der Waals surface area contributed by atoms with E-state index in [2.05, 4.69) is 4.72 Å². The van der Waals surface area contributed by atoms with Gasteiger partial charge in [0.25, 0.3) is 0 Å². The van der Waals surface area contributed by atoms with Gasteiger partial charge in [-0.3, -0.25) is 4.79 Å². The molecule has 0 heterocycles. The summed E-state index contributed by atoms with van der Waals surface area (Å²) in [6.07, 6.45) is 0. The quantitative estimate of drug-likeness (QED) is 0.652. The van der Waals surface area contributed by atoms with Gasteiger partial charge >= 0.3 is 0 Å². The van der Waals surface area contributed by atoms with Gasteiger partial charge < -0.3 is 5.73 Å². The van der Waals surface area contributed by atoms with Crippen LogP contribution >= 0.6 is 0 Å². The number of ketones is 1. The zero-order chi connectivity index (χ0) is 15.5. The van der Waals surface area contributed by atoms with Gasteiger partial charge in [0.1, 0.15) is 0 Å². The standard InChI is InChI=1S/C15H16N2O3S/c1-11(18)13-5-7-15(8-6-13)21(19,20)17-10-12-3-2-4-14(16)9-12/h2-9,17H,10,16H2,1H3. The van der Waals surface area contributed by atoms with Crippen molar-refractivity contribution in [1.82, 2.24) is 4.72 Å². The maximum atomic E-state index is 12.1. The molecule has 0 aliphatic carbocycles. The van der Waals surface area contributed by atoms with Crippen LogP contribution in [0.2, 0.25) is 0 Å². The topological polar surface area (TPSA) is 89.3 Å². The average Bonchev–Trinajstić information content (AvgIpc) is 2.45. The minimum absolute atomic E-state index is 0.105. The number of sulfonamides is 1. The van der Waals surface area contributed by atoms with Crippen LogP contribution in [0.15, 0.2) is 53.4 Å². The van der Waals surface area contributed by atoms with Gasteiger partial charge in [-0.1, -0.05) is 24.3 Å². The van der Waals surface area contributed by atoms with Crippen molar-refractivity contribution in [3.8, 4) is 0 Å². The van der Waals surface area contributed by atoms with Gasteiger partial charge in [0.15, 0.2) is 5.78 Å². The van der Waals surface area contributed by atoms with E-state index >= 15 is 0 Å². The Morgan fingerprint density at radius 1 is 1.14 bits per heavy atom. The molecule has 0 saturated carbocycles. The Morgan fingerprint density at radius 3 is 2.38 bits per heavy atom. The fourth-order valence-electron chi connectivity index (χ4n) is 1.83. The predicted molar refractivity (Wildman–Crippen MR) is 81.3 cm³/mol. The number of nitrogens with one attached hydrogen (secondary N) is 1. The lowest BCUT2D eigenvalue weighted by Crippen LogP contribution is -2.23. The van der Waals surface area contributed by atoms with Crippen LogP contribution in [0.5, 0.6) is 0 Å². The number of carbonyl (C=O) groups is 1. The number of hydrogen-bond acceptors (Lipinski definition) is 4. The Balaban J connectivity index is 2.13. The van der Waals surface area contributed by atoms with Crippen molar-refractivity contribution >= 4 is 21.5 Å². The number of nitrogen functional groups attached to an aromatic ring is 1. The third kappa shape index (κ3) is 3.90. The van der Waals surface area contributed by atoms with Crippen LogP contribution < -0.4 is 10.5 Å². The van der Waals surface area contributed by atoms with Gasteiger partial charge in [0, 0.05) is 17.8 Å². The van der Waals surface area contributed by atoms with E-state index in [0.29, 0.717) is 11.3 Å². The summed E-state index contributed by atoms with van der Waals surface area (Å²) in [5.41, 5.74) is 7.48. The van der Waals surface area contributed by atoms with Crippen LogP contribution in [0, 0.1) is 0 Å². The summed E-state index contributed by atoms with van der Waals surface area (Å²) in [6, 6.07) is 12.8. The second kappa shape index (κ2) is 6.07. The molecule has 5 nitrogen and oxygen atoms in total. The summed E-state index contributed by atoms with van der Waals surface area (Å²) >= 11 is 0. The summed E-state index contributed by atoms with van der Waals surface area (Å²) in [5.74, 6) is -0.105. The molecule has 110 valence electrons. The predicted octanol–water partition coefficient (Wildman–Crippen LogP) is 1.95. The SMILES string of the molecule is CC(=O)c1ccc(S(=O)(=O)NCc2cccc(N)c2)cc1. The van der Waals surface area contributed by atoms with Gasteiger partial charge in [-0.2, -0.15) is 0 Å². The van der Waals surface area contributed by atoms with Crippen LogP contribution in [0.4, 0.5) is 5.69 Å². The van der Waals surface area contributed by atoms with Crippen LogP contribution in [0.1, 0.15) is 22.8 Å². The molecule has 0 saturated heterocycles. The Labute approximate surface area is 123 Å². The van der Waals surface area contributed by atoms with E-state index < -0.39 is 10.0 Å². The lowest BCUT2D eigenvalue weighted by atomic mass is 10.2. The van der Waals surface area contributed by atoms with Crippen molar-refractivity contribution < 1.29 is 13.2 Å². The van der Waals surface area contributed by atoms with Gasteiger partial charge in [0.2, 0.25) is 10.0 Å². The molecule has 0 aromatic heterocycles. The highest BCUT2D eigenvalue weighted by Gasteiger charge is 2.14. The first-order valence-electron chi connectivity index (χ1n) is 6.33. The molecule has 0 spiro atoms. The van der Waals surface area contributed by atoms with E-state index in [-0.39, 0.29) is 17.2 Å². The van der Waals surface area contributed by atoms with Crippen LogP contribution in [0.25, 0.3) is 0 Å². The fraction of sp³-hybridized carbons (Fsp3) is 0.133. The number of benzene rings is 2. The van der Waals surface area contributed by atoms with Crippen molar-refractivity contribution in [2.75, 3.05) is 5.73 Å². The number of carbonyl (C=O) groups excluding carboxylic acids is 1. The molecule has 0 radical (unpaired) electrons. The maximum absolute atomic E-state index is 12.1. The number of Topliss-reactive ketones (excluding diaryl/α,β-unsaturated/α-hetero) is 1. The Hall–Kier alpha value is -2.18. The zero-order valence-corrected chi connectivity index (χ0v) is 12.4. The average molecular weight is 304 g/mol. The first-order valence-corrected chi connectivity index (χ1v) is 7.82. The Bertz CT molecular complexity index is 753. The minimum Gasteiger partial charge on any atom is -0.399 e. The minimum atomic E-state index is -3.62. The molecule has 0 unspecified atom stereocenters. The number of anilines is 1. The van der Waals surface area contributed by atoms with Crippen molar-refractivity contribution in [3.63, 3.8) is 0 Å². The van der Waals surface area contributed by atoms with E-state index in [9.17, 15) is 13.2 Å². The van der Waals surface area contributed by atoms with E-state index in [1.54, 1.807) is 24.3 Å². The molecule has 3 N–H and O–H groups in total. The Morgan fingerprint density at radius 2 is 1.81 bits per heavy atom. The monoisotopic (exact) mass is 304 g/mol. The second-order valence-electron chi connectivity index (χ2n) is 4.65. The molecule has 0 bridgehead atoms. The van der Waals surface area contributed by atoms with E-state index in [0.717, 1.165) is 5.56 Å².